The van der Waals surface area contributed by atoms with Crippen LogP contribution in [0, 0.1) is 21.3 Å². The fourth-order valence-corrected chi connectivity index (χ4v) is 4.55. The molecule has 2 aromatic carbocycles. The second-order valence-corrected chi connectivity index (χ2v) is 8.29. The van der Waals surface area contributed by atoms with Gasteiger partial charge < -0.3 is 9.64 Å². The first-order valence-corrected chi connectivity index (χ1v) is 9.89. The molecule has 1 aliphatic heterocycles. The van der Waals surface area contributed by atoms with Gasteiger partial charge >= 0.3 is 6.09 Å². The predicted molar refractivity (Wildman–Crippen MR) is 106 cm³/mol. The van der Waals surface area contributed by atoms with Crippen molar-refractivity contribution in [3.63, 3.8) is 0 Å². The summed E-state index contributed by atoms with van der Waals surface area (Å²) in [4.78, 5) is 24.2. The minimum Gasteiger partial charge on any atom is -0.410 e. The smallest absolute Gasteiger partial charge is 0.410 e. The van der Waals surface area contributed by atoms with Crippen LogP contribution in [-0.2, 0) is 0 Å². The zero-order chi connectivity index (χ0) is 20.6. The minimum atomic E-state index is -0.499. The maximum Gasteiger partial charge on any atom is 0.415 e. The number of hydrogen-bond donors (Lipinski definition) is 0. The third-order valence-corrected chi connectivity index (χ3v) is 6.40. The Bertz CT molecular complexity index is 934. The van der Waals surface area contributed by atoms with Crippen LogP contribution in [0.2, 0.25) is 5.02 Å². The molecule has 1 spiro atoms. The first kappa shape index (κ1) is 19.6. The molecule has 1 saturated carbocycles. The highest BCUT2D eigenvalue weighted by Crippen LogP contribution is 2.56. The summed E-state index contributed by atoms with van der Waals surface area (Å²) in [6, 6.07) is 10.4. The molecule has 152 valence electrons. The molecule has 0 bridgehead atoms. The molecular weight excluding hydrogens is 399 g/mol. The van der Waals surface area contributed by atoms with Crippen LogP contribution >= 0.6 is 11.6 Å². The third kappa shape index (κ3) is 4.05. The summed E-state index contributed by atoms with van der Waals surface area (Å²) < 4.78 is 18.7. The largest absolute Gasteiger partial charge is 0.415 e. The lowest BCUT2D eigenvalue weighted by atomic mass is 9.56. The van der Waals surface area contributed by atoms with E-state index in [2.05, 4.69) is 0 Å². The maximum atomic E-state index is 13.4. The summed E-state index contributed by atoms with van der Waals surface area (Å²) in [5.74, 6) is 0.272. The van der Waals surface area contributed by atoms with Crippen molar-refractivity contribution in [2.45, 2.75) is 31.6 Å². The number of ether oxygens (including phenoxy) is 1. The summed E-state index contributed by atoms with van der Waals surface area (Å²) in [6.45, 7) is 1.23. The Morgan fingerprint density at radius 3 is 2.41 bits per heavy atom. The normalized spacial score (nSPS) is 18.3. The molecule has 2 aliphatic rings. The van der Waals surface area contributed by atoms with Gasteiger partial charge in [0.1, 0.15) is 11.6 Å². The molecule has 8 heteroatoms. The fraction of sp³-hybridized carbons (Fsp3) is 0.381. The molecule has 2 aromatic rings. The van der Waals surface area contributed by atoms with Crippen molar-refractivity contribution in [1.29, 1.82) is 0 Å². The number of rotatable bonds is 3. The summed E-state index contributed by atoms with van der Waals surface area (Å²) in [7, 11) is 0. The molecule has 0 aromatic heterocycles. The van der Waals surface area contributed by atoms with Gasteiger partial charge in [-0.25, -0.2) is 9.18 Å². The highest BCUT2D eigenvalue weighted by molar-refractivity contribution is 6.30. The topological polar surface area (TPSA) is 72.7 Å². The Balaban J connectivity index is 1.29. The quantitative estimate of drug-likeness (QED) is 0.484. The molecule has 0 radical (unpaired) electrons. The number of non-ortho nitro benzene ring substituents is 1. The number of nitro groups is 1. The number of likely N-dealkylation sites (tertiary alicyclic amines) is 1. The number of benzene rings is 2. The number of piperidine rings is 1. The van der Waals surface area contributed by atoms with Crippen LogP contribution in [0.1, 0.15) is 37.2 Å². The molecule has 4 rings (SSSR count). The highest BCUT2D eigenvalue weighted by atomic mass is 35.5. The van der Waals surface area contributed by atoms with Gasteiger partial charge in [-0.05, 0) is 66.8 Å². The van der Waals surface area contributed by atoms with E-state index in [-0.39, 0.29) is 21.9 Å². The van der Waals surface area contributed by atoms with Gasteiger partial charge in [0, 0.05) is 25.2 Å². The lowest BCUT2D eigenvalue weighted by molar-refractivity contribution is -0.384. The fourth-order valence-electron chi connectivity index (χ4n) is 4.36. The van der Waals surface area contributed by atoms with E-state index in [0.717, 1.165) is 31.2 Å². The van der Waals surface area contributed by atoms with Crippen molar-refractivity contribution in [3.05, 3.63) is 69.0 Å². The molecule has 29 heavy (non-hydrogen) atoms. The van der Waals surface area contributed by atoms with E-state index < -0.39 is 16.8 Å². The van der Waals surface area contributed by atoms with Crippen molar-refractivity contribution >= 4 is 23.4 Å². The van der Waals surface area contributed by atoms with Crippen molar-refractivity contribution in [1.82, 2.24) is 4.90 Å². The zero-order valence-corrected chi connectivity index (χ0v) is 16.4. The lowest BCUT2D eigenvalue weighted by Crippen LogP contribution is -2.48. The van der Waals surface area contributed by atoms with E-state index in [0.29, 0.717) is 19.0 Å². The van der Waals surface area contributed by atoms with Crippen LogP contribution < -0.4 is 4.74 Å². The van der Waals surface area contributed by atoms with E-state index in [1.54, 1.807) is 17.0 Å². The van der Waals surface area contributed by atoms with Gasteiger partial charge in [-0.15, -0.1) is 0 Å². The molecule has 1 heterocycles. The second kappa shape index (κ2) is 7.63. The SMILES string of the molecule is O=C(Oc1ccc([N+](=O)[O-])cc1)N1CCC2(CC1)CC(c1ccc(F)c(Cl)c1)C2. The Kier molecular flexibility index (Phi) is 5.17. The Morgan fingerprint density at radius 1 is 1.17 bits per heavy atom. The predicted octanol–water partition coefficient (Wildman–Crippen LogP) is 5.55. The number of nitrogens with zero attached hydrogens (tertiary/aromatic N) is 2. The summed E-state index contributed by atoms with van der Waals surface area (Å²) in [6.07, 6.45) is 3.39. The van der Waals surface area contributed by atoms with Crippen molar-refractivity contribution in [3.8, 4) is 5.75 Å². The third-order valence-electron chi connectivity index (χ3n) is 6.11. The van der Waals surface area contributed by atoms with Crippen LogP contribution in [-0.4, -0.2) is 29.0 Å². The van der Waals surface area contributed by atoms with Gasteiger partial charge in [0.2, 0.25) is 0 Å². The second-order valence-electron chi connectivity index (χ2n) is 7.88. The van der Waals surface area contributed by atoms with Gasteiger partial charge in [0.05, 0.1) is 9.95 Å². The molecule has 0 atom stereocenters. The van der Waals surface area contributed by atoms with Crippen molar-refractivity contribution in [2.24, 2.45) is 5.41 Å². The number of amides is 1. The number of carbonyl (C=O) groups is 1. The van der Waals surface area contributed by atoms with Gasteiger partial charge in [-0.3, -0.25) is 10.1 Å². The average molecular weight is 419 g/mol. The van der Waals surface area contributed by atoms with Gasteiger partial charge in [-0.2, -0.15) is 0 Å². The minimum absolute atomic E-state index is 0.0494. The van der Waals surface area contributed by atoms with E-state index in [4.69, 9.17) is 16.3 Å². The van der Waals surface area contributed by atoms with E-state index in [1.807, 2.05) is 0 Å². The van der Waals surface area contributed by atoms with E-state index in [9.17, 15) is 19.3 Å². The molecular formula is C21H20ClFN2O4. The average Bonchev–Trinajstić information content (AvgIpc) is 2.69. The highest BCUT2D eigenvalue weighted by Gasteiger charge is 2.47. The molecule has 1 amide bonds. The molecule has 1 saturated heterocycles. The standard InChI is InChI=1S/C21H20ClFN2O4/c22-18-11-14(1-6-19(18)23)15-12-21(13-15)7-9-24(10-8-21)20(26)29-17-4-2-16(3-5-17)25(27)28/h1-6,11,15H,7-10,12-13H2. The molecule has 0 unspecified atom stereocenters. The monoisotopic (exact) mass is 418 g/mol. The Labute approximate surface area is 172 Å². The number of nitro benzene ring substituents is 1. The lowest BCUT2D eigenvalue weighted by Gasteiger charge is -2.52. The Hall–Kier alpha value is -2.67. The number of halogens is 2. The van der Waals surface area contributed by atoms with Crippen LogP contribution in [0.4, 0.5) is 14.9 Å². The van der Waals surface area contributed by atoms with Crippen LogP contribution in [0.15, 0.2) is 42.5 Å². The van der Waals surface area contributed by atoms with E-state index in [1.165, 1.54) is 30.3 Å². The number of hydrogen-bond acceptors (Lipinski definition) is 4. The van der Waals surface area contributed by atoms with Crippen LogP contribution in [0.5, 0.6) is 5.75 Å². The van der Waals surface area contributed by atoms with Crippen LogP contribution in [0.3, 0.4) is 0 Å². The Morgan fingerprint density at radius 2 is 1.83 bits per heavy atom. The molecule has 0 N–H and O–H groups in total. The first-order valence-electron chi connectivity index (χ1n) is 9.51. The van der Waals surface area contributed by atoms with Crippen molar-refractivity contribution in [2.75, 3.05) is 13.1 Å². The summed E-state index contributed by atoms with van der Waals surface area (Å²) in [5, 5.41) is 10.8. The number of carbonyl (C=O) groups excluding carboxylic acids is 1. The van der Waals surface area contributed by atoms with Gasteiger partial charge in [0.25, 0.3) is 5.69 Å². The molecule has 2 fully saturated rings. The first-order chi connectivity index (χ1) is 13.8. The maximum absolute atomic E-state index is 13.4. The molecule has 6 nitrogen and oxygen atoms in total. The van der Waals surface area contributed by atoms with E-state index >= 15 is 0 Å². The summed E-state index contributed by atoms with van der Waals surface area (Å²) >= 11 is 5.89. The van der Waals surface area contributed by atoms with Gasteiger partial charge in [-0.1, -0.05) is 17.7 Å². The zero-order valence-electron chi connectivity index (χ0n) is 15.6. The van der Waals surface area contributed by atoms with Crippen molar-refractivity contribution < 1.29 is 18.8 Å². The van der Waals surface area contributed by atoms with Crippen LogP contribution in [0.25, 0.3) is 0 Å². The van der Waals surface area contributed by atoms with Gasteiger partial charge in [0.15, 0.2) is 0 Å². The summed E-state index contributed by atoms with van der Waals surface area (Å²) in [5.41, 5.74) is 1.24. The molecule has 1 aliphatic carbocycles.